The van der Waals surface area contributed by atoms with Gasteiger partial charge >= 0.3 is 28.4 Å². The zero-order valence-corrected chi connectivity index (χ0v) is 31.0. The van der Waals surface area contributed by atoms with Crippen molar-refractivity contribution in [3.05, 3.63) is 71.8 Å². The summed E-state index contributed by atoms with van der Waals surface area (Å²) < 4.78 is 52.4. The summed E-state index contributed by atoms with van der Waals surface area (Å²) in [7, 11) is -4.78. The number of nitrogens with zero attached hydrogens (tertiary/aromatic N) is 4. The number of benzene rings is 3. The molecule has 2 amide bonds. The average molecular weight is 723 g/mol. The van der Waals surface area contributed by atoms with Gasteiger partial charge in [-0.3, -0.25) is 4.79 Å². The van der Waals surface area contributed by atoms with Crippen LogP contribution in [0.15, 0.2) is 60.7 Å². The molecule has 13 nitrogen and oxygen atoms in total. The summed E-state index contributed by atoms with van der Waals surface area (Å²) in [6.07, 6.45) is -0.634. The predicted molar refractivity (Wildman–Crippen MR) is 191 cm³/mol. The van der Waals surface area contributed by atoms with Crippen molar-refractivity contribution in [2.24, 2.45) is 0 Å². The molecule has 0 unspecified atom stereocenters. The highest BCUT2D eigenvalue weighted by atomic mass is 32.2. The second-order valence-corrected chi connectivity index (χ2v) is 15.9. The quantitative estimate of drug-likeness (QED) is 0.166. The molecule has 274 valence electrons. The number of fused-ring (bicyclic) bond motifs is 1. The van der Waals surface area contributed by atoms with E-state index in [0.717, 1.165) is 15.1 Å². The molecule has 1 fully saturated rings. The Morgan fingerprint density at radius 1 is 0.882 bits per heavy atom. The monoisotopic (exact) mass is 722 g/mol. The summed E-state index contributed by atoms with van der Waals surface area (Å²) in [6.45, 7) is 11.6. The Labute approximate surface area is 299 Å². The van der Waals surface area contributed by atoms with E-state index in [1.54, 1.807) is 87.2 Å². The number of nitriles is 1. The van der Waals surface area contributed by atoms with Gasteiger partial charge in [-0.25, -0.2) is 13.9 Å². The van der Waals surface area contributed by atoms with Crippen LogP contribution in [0.1, 0.15) is 72.4 Å². The van der Waals surface area contributed by atoms with Crippen LogP contribution in [0.4, 0.5) is 15.3 Å². The number of esters is 1. The number of rotatable bonds is 10. The summed E-state index contributed by atoms with van der Waals surface area (Å²) in [6, 6.07) is 19.0. The number of piperidine rings is 1. The van der Waals surface area contributed by atoms with Crippen molar-refractivity contribution in [1.82, 2.24) is 9.21 Å². The highest BCUT2D eigenvalue weighted by Gasteiger charge is 2.39. The van der Waals surface area contributed by atoms with Crippen LogP contribution in [0.25, 0.3) is 10.8 Å². The molecule has 1 heterocycles. The summed E-state index contributed by atoms with van der Waals surface area (Å²) in [5.74, 6) is -0.444. The molecule has 14 heteroatoms. The molecule has 0 aliphatic carbocycles. The molecule has 3 aromatic rings. The van der Waals surface area contributed by atoms with E-state index in [1.165, 1.54) is 0 Å². The Bertz CT molecular complexity index is 1870. The van der Waals surface area contributed by atoms with E-state index < -0.39 is 40.0 Å². The largest absolute Gasteiger partial charge is 0.490 e. The molecule has 1 aliphatic heterocycles. The molecule has 0 bridgehead atoms. The predicted octanol–water partition coefficient (Wildman–Crippen LogP) is 6.54. The minimum atomic E-state index is -4.78. The van der Waals surface area contributed by atoms with Crippen LogP contribution in [0, 0.1) is 11.3 Å². The summed E-state index contributed by atoms with van der Waals surface area (Å²) in [5, 5.41) is 11.0. The summed E-state index contributed by atoms with van der Waals surface area (Å²) in [4.78, 5) is 40.1. The van der Waals surface area contributed by atoms with E-state index in [9.17, 15) is 28.1 Å². The number of hydrogen-bond acceptors (Lipinski definition) is 10. The Hall–Kier alpha value is -5.03. The van der Waals surface area contributed by atoms with Gasteiger partial charge in [-0.2, -0.15) is 18.0 Å². The molecule has 0 saturated carbocycles. The first-order chi connectivity index (χ1) is 23.9. The Morgan fingerprint density at radius 3 is 2.10 bits per heavy atom. The normalized spacial score (nSPS) is 14.0. The lowest BCUT2D eigenvalue weighted by atomic mass is 10.0. The fourth-order valence-electron chi connectivity index (χ4n) is 5.30. The van der Waals surface area contributed by atoms with Crippen molar-refractivity contribution in [2.45, 2.75) is 85.2 Å². The van der Waals surface area contributed by atoms with E-state index in [2.05, 4.69) is 6.07 Å². The lowest BCUT2D eigenvalue weighted by Gasteiger charge is -2.34. The number of carbonyl (C=O) groups is 3. The second-order valence-electron chi connectivity index (χ2n) is 14.1. The molecule has 51 heavy (non-hydrogen) atoms. The first kappa shape index (κ1) is 38.8. The van der Waals surface area contributed by atoms with Gasteiger partial charge in [-0.1, -0.05) is 18.2 Å². The number of likely N-dealkylation sites (tertiary alicyclic amines) is 1. The van der Waals surface area contributed by atoms with Gasteiger partial charge in [0.15, 0.2) is 0 Å². The van der Waals surface area contributed by atoms with Crippen LogP contribution in [0.5, 0.6) is 5.75 Å². The summed E-state index contributed by atoms with van der Waals surface area (Å²) in [5.41, 5.74) is -0.473. The van der Waals surface area contributed by atoms with Gasteiger partial charge in [0.25, 0.3) is 0 Å². The fourth-order valence-corrected chi connectivity index (χ4v) is 6.73. The second kappa shape index (κ2) is 15.9. The van der Waals surface area contributed by atoms with Gasteiger partial charge in [0, 0.05) is 25.9 Å². The van der Waals surface area contributed by atoms with E-state index in [4.69, 9.17) is 18.9 Å². The molecule has 3 aromatic carbocycles. The van der Waals surface area contributed by atoms with E-state index in [-0.39, 0.29) is 31.0 Å². The van der Waals surface area contributed by atoms with Crippen molar-refractivity contribution < 1.29 is 41.7 Å². The van der Waals surface area contributed by atoms with Gasteiger partial charge in [0.1, 0.15) is 29.6 Å². The van der Waals surface area contributed by atoms with Crippen LogP contribution in [0.3, 0.4) is 0 Å². The lowest BCUT2D eigenvalue weighted by molar-refractivity contribution is -0.143. The van der Waals surface area contributed by atoms with Gasteiger partial charge < -0.3 is 23.8 Å². The van der Waals surface area contributed by atoms with Gasteiger partial charge in [0.05, 0.1) is 30.5 Å². The van der Waals surface area contributed by atoms with Crippen molar-refractivity contribution in [1.29, 1.82) is 5.26 Å². The number of carbonyl (C=O) groups excluding carboxylic acids is 3. The van der Waals surface area contributed by atoms with Crippen LogP contribution < -0.4 is 9.04 Å². The molecule has 0 spiro atoms. The third-order valence-corrected chi connectivity index (χ3v) is 9.35. The molecular weight excluding hydrogens is 676 g/mol. The third-order valence-electron chi connectivity index (χ3n) is 7.61. The Morgan fingerprint density at radius 2 is 1.51 bits per heavy atom. The van der Waals surface area contributed by atoms with Crippen molar-refractivity contribution in [2.75, 3.05) is 30.5 Å². The fraction of sp³-hybridized carbons (Fsp3) is 0.459. The minimum Gasteiger partial charge on any atom is -0.490 e. The first-order valence-corrected chi connectivity index (χ1v) is 18.1. The summed E-state index contributed by atoms with van der Waals surface area (Å²) >= 11 is 0. The number of ether oxygens (including phenoxy) is 4. The molecule has 1 aliphatic rings. The zero-order valence-electron chi connectivity index (χ0n) is 30.2. The SMILES string of the molecule is CCOC(=O)CN(C(=O)OC(C)(C)C)S(=O)(=O)N(Cc1ccc2ccc(C#N)cc2c1)c1ccc(OC2CCN(C(=O)OC(C)(C)C)CC2)cc1. The molecule has 0 N–H and O–H groups in total. The van der Waals surface area contributed by atoms with E-state index >= 15 is 0 Å². The van der Waals surface area contributed by atoms with E-state index in [1.807, 2.05) is 26.8 Å². The highest BCUT2D eigenvalue weighted by molar-refractivity contribution is 7.91. The van der Waals surface area contributed by atoms with Crippen LogP contribution in [-0.2, 0) is 35.8 Å². The van der Waals surface area contributed by atoms with Crippen molar-refractivity contribution in [3.8, 4) is 11.8 Å². The number of anilines is 1. The molecular formula is C37H46N4O9S. The molecule has 4 rings (SSSR count). The van der Waals surface area contributed by atoms with Gasteiger partial charge in [0.2, 0.25) is 0 Å². The standard InChI is InChI=1S/C37H46N4O9S/c1-8-47-33(42)25-41(35(44)50-37(5,6)7)51(45,46)40(24-27-10-12-28-11-9-26(23-38)21-29(28)22-27)30-13-15-31(16-14-30)48-32-17-19-39(20-18-32)34(43)49-36(2,3)4/h9-16,21-22,32H,8,17-20,24-25H2,1-7H3. The minimum absolute atomic E-state index is 0.0198. The highest BCUT2D eigenvalue weighted by Crippen LogP contribution is 2.30. The van der Waals surface area contributed by atoms with Crippen LogP contribution in [-0.4, -0.2) is 79.3 Å². The molecule has 0 aromatic heterocycles. The average Bonchev–Trinajstić information content (AvgIpc) is 3.05. The molecule has 0 atom stereocenters. The van der Waals surface area contributed by atoms with Crippen LogP contribution in [0.2, 0.25) is 0 Å². The zero-order chi connectivity index (χ0) is 37.6. The maximum absolute atomic E-state index is 14.5. The Kier molecular flexibility index (Phi) is 12.1. The van der Waals surface area contributed by atoms with Gasteiger partial charge in [-0.15, -0.1) is 0 Å². The third kappa shape index (κ3) is 10.7. The Balaban J connectivity index is 1.65. The van der Waals surface area contributed by atoms with E-state index in [0.29, 0.717) is 47.1 Å². The maximum atomic E-state index is 14.5. The first-order valence-electron chi connectivity index (χ1n) is 16.7. The lowest BCUT2D eigenvalue weighted by Crippen LogP contribution is -2.50. The number of hydrogen-bond donors (Lipinski definition) is 0. The maximum Gasteiger partial charge on any atom is 0.426 e. The molecule has 1 saturated heterocycles. The van der Waals surface area contributed by atoms with Crippen molar-refractivity contribution in [3.63, 3.8) is 0 Å². The van der Waals surface area contributed by atoms with Gasteiger partial charge in [-0.05, 0) is 107 Å². The smallest absolute Gasteiger partial charge is 0.426 e. The number of amides is 2. The topological polar surface area (TPSA) is 156 Å². The van der Waals surface area contributed by atoms with Crippen LogP contribution >= 0.6 is 0 Å². The van der Waals surface area contributed by atoms with Crippen molar-refractivity contribution >= 4 is 44.8 Å². The molecule has 0 radical (unpaired) electrons.